The molecule has 0 aromatic heterocycles. The minimum Gasteiger partial charge on any atom is -0.289 e. The highest BCUT2D eigenvalue weighted by Crippen LogP contribution is 1.92. The van der Waals surface area contributed by atoms with Crippen molar-refractivity contribution in [1.29, 1.82) is 0 Å². The Morgan fingerprint density at radius 3 is 2.62 bits per heavy atom. The van der Waals surface area contributed by atoms with Crippen molar-refractivity contribution < 1.29 is 1.43 Å². The van der Waals surface area contributed by atoms with E-state index in [1.165, 1.54) is 0 Å². The normalized spacial score (nSPS) is 17.6. The van der Waals surface area contributed by atoms with Crippen LogP contribution in [-0.2, 0) is 0 Å². The molecule has 1 aliphatic heterocycles. The van der Waals surface area contributed by atoms with Crippen molar-refractivity contribution in [2.75, 3.05) is 0 Å². The number of hydrogen-bond donors (Lipinski definition) is 3. The van der Waals surface area contributed by atoms with Crippen LogP contribution in [0.1, 0.15) is 15.3 Å². The Labute approximate surface area is 49.8 Å². The van der Waals surface area contributed by atoms with Gasteiger partial charge in [0.1, 0.15) is 5.84 Å². The van der Waals surface area contributed by atoms with Gasteiger partial charge >= 0.3 is 0 Å². The molecule has 0 saturated heterocycles. The Bertz CT molecular complexity index is 111. The third-order valence-corrected chi connectivity index (χ3v) is 0.970. The fraction of sp³-hybridized carbons (Fsp3) is 0.750. The summed E-state index contributed by atoms with van der Waals surface area (Å²) in [6.07, 6.45) is 0. The van der Waals surface area contributed by atoms with Crippen LogP contribution < -0.4 is 16.5 Å². The first kappa shape index (κ1) is 5.37. The van der Waals surface area contributed by atoms with Gasteiger partial charge in [0, 0.05) is 7.34 Å². The fourth-order valence-electron chi connectivity index (χ4n) is 0.482. The maximum atomic E-state index is 3.88. The third-order valence-electron chi connectivity index (χ3n) is 0.970. The number of nitrogens with one attached hydrogen (secondary N) is 3. The van der Waals surface area contributed by atoms with Crippen molar-refractivity contribution in [1.82, 2.24) is 16.5 Å². The van der Waals surface area contributed by atoms with Crippen LogP contribution in [0, 0.1) is 5.92 Å². The molecule has 0 fully saturated rings. The van der Waals surface area contributed by atoms with Crippen molar-refractivity contribution in [3.63, 3.8) is 0 Å². The second-order valence-electron chi connectivity index (χ2n) is 2.01. The van der Waals surface area contributed by atoms with E-state index in [4.69, 9.17) is 0 Å². The van der Waals surface area contributed by atoms with Crippen molar-refractivity contribution >= 4 is 5.84 Å². The molecule has 1 rings (SSSR count). The number of hydrazine groups is 2. The SMILES string of the molecule is CC(C)C1=NNNN1.[HH]. The van der Waals surface area contributed by atoms with Crippen LogP contribution >= 0.6 is 0 Å². The highest BCUT2D eigenvalue weighted by molar-refractivity contribution is 5.83. The quantitative estimate of drug-likeness (QED) is 0.445. The zero-order valence-corrected chi connectivity index (χ0v) is 5.02. The first-order chi connectivity index (χ1) is 3.80. The summed E-state index contributed by atoms with van der Waals surface area (Å²) in [5, 5.41) is 3.88. The molecule has 0 unspecified atom stereocenters. The third kappa shape index (κ3) is 0.894. The summed E-state index contributed by atoms with van der Waals surface area (Å²) in [4.78, 5) is 0. The molecular weight excluding hydrogens is 104 g/mol. The highest BCUT2D eigenvalue weighted by Gasteiger charge is 2.06. The van der Waals surface area contributed by atoms with E-state index < -0.39 is 0 Å². The van der Waals surface area contributed by atoms with E-state index in [0.29, 0.717) is 5.92 Å². The molecule has 0 bridgehead atoms. The minimum absolute atomic E-state index is 0. The molecule has 4 nitrogen and oxygen atoms in total. The van der Waals surface area contributed by atoms with Crippen LogP contribution in [0.5, 0.6) is 0 Å². The van der Waals surface area contributed by atoms with Crippen LogP contribution in [0.25, 0.3) is 0 Å². The molecule has 0 aromatic rings. The summed E-state index contributed by atoms with van der Waals surface area (Å²) in [6, 6.07) is 0. The van der Waals surface area contributed by atoms with Gasteiger partial charge in [-0.25, -0.2) is 5.53 Å². The van der Waals surface area contributed by atoms with Gasteiger partial charge < -0.3 is 0 Å². The Kier molecular flexibility index (Phi) is 1.34. The summed E-state index contributed by atoms with van der Waals surface area (Å²) >= 11 is 0. The van der Waals surface area contributed by atoms with E-state index in [-0.39, 0.29) is 1.43 Å². The zero-order valence-electron chi connectivity index (χ0n) is 5.02. The number of hydrogen-bond acceptors (Lipinski definition) is 4. The number of rotatable bonds is 1. The predicted octanol–water partition coefficient (Wildman–Crippen LogP) is -0.186. The lowest BCUT2D eigenvalue weighted by Gasteiger charge is -2.00. The summed E-state index contributed by atoms with van der Waals surface area (Å²) in [7, 11) is 0. The molecular formula is C4H12N4. The Balaban J connectivity index is 0.000000640. The lowest BCUT2D eigenvalue weighted by molar-refractivity contribution is 0.574. The average molecular weight is 116 g/mol. The van der Waals surface area contributed by atoms with Gasteiger partial charge in [-0.15, -0.1) is 10.6 Å². The smallest absolute Gasteiger partial charge is 0.141 e. The van der Waals surface area contributed by atoms with Crippen molar-refractivity contribution in [2.45, 2.75) is 13.8 Å². The molecule has 4 heteroatoms. The van der Waals surface area contributed by atoms with Gasteiger partial charge in [0.2, 0.25) is 0 Å². The van der Waals surface area contributed by atoms with Crippen LogP contribution in [0.2, 0.25) is 0 Å². The fourth-order valence-corrected chi connectivity index (χ4v) is 0.482. The summed E-state index contributed by atoms with van der Waals surface area (Å²) < 4.78 is 0. The van der Waals surface area contributed by atoms with Gasteiger partial charge in [-0.1, -0.05) is 13.8 Å². The summed E-state index contributed by atoms with van der Waals surface area (Å²) in [5.74, 6) is 1.41. The van der Waals surface area contributed by atoms with Crippen molar-refractivity contribution in [2.24, 2.45) is 11.0 Å². The summed E-state index contributed by atoms with van der Waals surface area (Å²) in [5.41, 5.74) is 8.08. The molecule has 1 aliphatic rings. The minimum atomic E-state index is 0. The Morgan fingerprint density at radius 2 is 2.38 bits per heavy atom. The monoisotopic (exact) mass is 116 g/mol. The molecule has 1 heterocycles. The molecule has 0 amide bonds. The lowest BCUT2D eigenvalue weighted by Crippen LogP contribution is -2.36. The van der Waals surface area contributed by atoms with Crippen molar-refractivity contribution in [3.8, 4) is 0 Å². The van der Waals surface area contributed by atoms with Gasteiger partial charge in [0.15, 0.2) is 0 Å². The van der Waals surface area contributed by atoms with E-state index in [1.54, 1.807) is 0 Å². The van der Waals surface area contributed by atoms with Gasteiger partial charge in [0.05, 0.1) is 0 Å². The number of nitrogens with zero attached hydrogens (tertiary/aromatic N) is 1. The van der Waals surface area contributed by atoms with Crippen LogP contribution in [-0.4, -0.2) is 5.84 Å². The first-order valence-corrected chi connectivity index (χ1v) is 2.64. The molecule has 0 aromatic carbocycles. The number of hydrazone groups is 1. The van der Waals surface area contributed by atoms with E-state index in [9.17, 15) is 0 Å². The molecule has 0 spiro atoms. The lowest BCUT2D eigenvalue weighted by atomic mass is 10.2. The van der Waals surface area contributed by atoms with Crippen LogP contribution in [0.4, 0.5) is 0 Å². The second-order valence-corrected chi connectivity index (χ2v) is 2.01. The largest absolute Gasteiger partial charge is 0.289 e. The number of amidine groups is 1. The maximum Gasteiger partial charge on any atom is 0.141 e. The van der Waals surface area contributed by atoms with E-state index in [0.717, 1.165) is 5.84 Å². The van der Waals surface area contributed by atoms with Gasteiger partial charge in [0.25, 0.3) is 0 Å². The van der Waals surface area contributed by atoms with Crippen LogP contribution in [0.15, 0.2) is 5.10 Å². The summed E-state index contributed by atoms with van der Waals surface area (Å²) in [6.45, 7) is 4.14. The molecule has 8 heavy (non-hydrogen) atoms. The first-order valence-electron chi connectivity index (χ1n) is 2.64. The van der Waals surface area contributed by atoms with Gasteiger partial charge in [-0.2, -0.15) is 0 Å². The second kappa shape index (κ2) is 2.00. The zero-order chi connectivity index (χ0) is 5.98. The molecule has 0 saturated carbocycles. The molecule has 0 radical (unpaired) electrons. The molecule has 0 atom stereocenters. The maximum absolute atomic E-state index is 3.88. The molecule has 48 valence electrons. The highest BCUT2D eigenvalue weighted by atomic mass is 15.8. The van der Waals surface area contributed by atoms with Crippen LogP contribution in [0.3, 0.4) is 0 Å². The van der Waals surface area contributed by atoms with Crippen molar-refractivity contribution in [3.05, 3.63) is 0 Å². The Morgan fingerprint density at radius 1 is 1.62 bits per heavy atom. The van der Waals surface area contributed by atoms with E-state index in [2.05, 4.69) is 35.4 Å². The van der Waals surface area contributed by atoms with E-state index >= 15 is 0 Å². The van der Waals surface area contributed by atoms with Gasteiger partial charge in [-0.05, 0) is 0 Å². The topological polar surface area (TPSA) is 48.5 Å². The standard InChI is InChI=1S/C4H10N4.H2/c1-3(2)4-5-7-8-6-4;/h3,7-8H,1-2H3,(H,5,6);1H. The molecule has 3 N–H and O–H groups in total. The predicted molar refractivity (Wildman–Crippen MR) is 33.8 cm³/mol. The Hall–Kier alpha value is -0.770. The average Bonchev–Trinajstić information content (AvgIpc) is 2.12. The molecule has 0 aliphatic carbocycles. The van der Waals surface area contributed by atoms with Gasteiger partial charge in [-0.3, -0.25) is 5.43 Å². The van der Waals surface area contributed by atoms with E-state index in [1.807, 2.05) is 0 Å².